The van der Waals surface area contributed by atoms with Crippen molar-refractivity contribution in [1.82, 2.24) is 19.9 Å². The first-order valence-corrected chi connectivity index (χ1v) is 7.53. The van der Waals surface area contributed by atoms with Crippen molar-refractivity contribution in [1.29, 1.82) is 0 Å². The van der Waals surface area contributed by atoms with Crippen LogP contribution in [-0.2, 0) is 4.79 Å². The molecule has 0 aliphatic rings. The van der Waals surface area contributed by atoms with Gasteiger partial charge in [0, 0.05) is 5.69 Å². The van der Waals surface area contributed by atoms with Crippen LogP contribution in [0, 0.1) is 6.92 Å². The molecular formula is C14H13N5O2S. The highest BCUT2D eigenvalue weighted by atomic mass is 32.2. The van der Waals surface area contributed by atoms with E-state index in [4.69, 9.17) is 0 Å². The third kappa shape index (κ3) is 3.17. The summed E-state index contributed by atoms with van der Waals surface area (Å²) in [5, 5.41) is 3.16. The number of hydrogen-bond acceptors (Lipinski definition) is 5. The van der Waals surface area contributed by atoms with Crippen molar-refractivity contribution in [2.75, 3.05) is 11.1 Å². The first-order valence-electron chi connectivity index (χ1n) is 6.54. The molecule has 112 valence electrons. The second kappa shape index (κ2) is 6.02. The average molecular weight is 315 g/mol. The van der Waals surface area contributed by atoms with E-state index < -0.39 is 0 Å². The number of aromatic amines is 2. The predicted molar refractivity (Wildman–Crippen MR) is 85.0 cm³/mol. The van der Waals surface area contributed by atoms with Crippen molar-refractivity contribution in [2.24, 2.45) is 0 Å². The number of hydrogen-bond donors (Lipinski definition) is 3. The number of rotatable bonds is 4. The fraction of sp³-hybridized carbons (Fsp3) is 0.143. The molecule has 3 N–H and O–H groups in total. The third-order valence-electron chi connectivity index (χ3n) is 2.92. The van der Waals surface area contributed by atoms with Crippen molar-refractivity contribution >= 4 is 34.5 Å². The van der Waals surface area contributed by atoms with E-state index in [1.807, 2.05) is 31.2 Å². The van der Waals surface area contributed by atoms with E-state index in [1.165, 1.54) is 6.33 Å². The predicted octanol–water partition coefficient (Wildman–Crippen LogP) is 1.69. The minimum Gasteiger partial charge on any atom is -0.339 e. The summed E-state index contributed by atoms with van der Waals surface area (Å²) in [5.74, 6) is -0.0207. The first-order chi connectivity index (χ1) is 10.6. The molecule has 0 spiro atoms. The van der Waals surface area contributed by atoms with E-state index in [-0.39, 0.29) is 17.2 Å². The van der Waals surface area contributed by atoms with Gasteiger partial charge in [-0.15, -0.1) is 0 Å². The van der Waals surface area contributed by atoms with Crippen LogP contribution in [0.15, 0.2) is 40.5 Å². The van der Waals surface area contributed by atoms with Crippen LogP contribution in [0.1, 0.15) is 5.56 Å². The van der Waals surface area contributed by atoms with Crippen LogP contribution in [-0.4, -0.2) is 31.6 Å². The van der Waals surface area contributed by atoms with Crippen molar-refractivity contribution in [3.8, 4) is 0 Å². The molecule has 0 saturated heterocycles. The van der Waals surface area contributed by atoms with Crippen LogP contribution in [0.2, 0.25) is 0 Å². The Hall–Kier alpha value is -2.61. The highest BCUT2D eigenvalue weighted by molar-refractivity contribution is 7.99. The Kier molecular flexibility index (Phi) is 3.92. The van der Waals surface area contributed by atoms with Gasteiger partial charge in [0.05, 0.1) is 12.1 Å². The first kappa shape index (κ1) is 14.3. The summed E-state index contributed by atoms with van der Waals surface area (Å²) in [5.41, 5.74) is 2.18. The maximum atomic E-state index is 11.9. The number of aryl methyl sites for hydroxylation is 1. The van der Waals surface area contributed by atoms with Gasteiger partial charge < -0.3 is 10.3 Å². The molecule has 1 aromatic carbocycles. The van der Waals surface area contributed by atoms with E-state index in [9.17, 15) is 9.59 Å². The van der Waals surface area contributed by atoms with Gasteiger partial charge in [-0.05, 0) is 24.6 Å². The summed E-state index contributed by atoms with van der Waals surface area (Å²) >= 11 is 1.15. The van der Waals surface area contributed by atoms with Gasteiger partial charge in [0.25, 0.3) is 5.56 Å². The Morgan fingerprint density at radius 3 is 3.09 bits per heavy atom. The number of benzene rings is 1. The Morgan fingerprint density at radius 1 is 1.41 bits per heavy atom. The van der Waals surface area contributed by atoms with Crippen molar-refractivity contribution in [3.63, 3.8) is 0 Å². The van der Waals surface area contributed by atoms with Crippen molar-refractivity contribution in [3.05, 3.63) is 46.5 Å². The standard InChI is InChI=1S/C14H13N5O2S/c1-8-3-2-4-9(5-8)17-10(20)6-22-14-18-12-11(13(21)19-14)15-7-16-12/h2-5,7H,6H2,1H3,(H,17,20)(H2,15,16,18,19,21). The molecule has 2 aromatic heterocycles. The highest BCUT2D eigenvalue weighted by Crippen LogP contribution is 2.14. The Labute approximate surface area is 129 Å². The average Bonchev–Trinajstić information content (AvgIpc) is 2.94. The minimum absolute atomic E-state index is 0.146. The van der Waals surface area contributed by atoms with E-state index in [0.717, 1.165) is 23.0 Å². The van der Waals surface area contributed by atoms with Gasteiger partial charge in [0.15, 0.2) is 16.3 Å². The second-order valence-electron chi connectivity index (χ2n) is 4.68. The van der Waals surface area contributed by atoms with Gasteiger partial charge in [-0.1, -0.05) is 23.9 Å². The zero-order valence-electron chi connectivity index (χ0n) is 11.7. The number of fused-ring (bicyclic) bond motifs is 1. The van der Waals surface area contributed by atoms with E-state index >= 15 is 0 Å². The van der Waals surface area contributed by atoms with Crippen molar-refractivity contribution in [2.45, 2.75) is 12.1 Å². The zero-order chi connectivity index (χ0) is 15.5. The number of imidazole rings is 1. The lowest BCUT2D eigenvalue weighted by Crippen LogP contribution is -2.15. The summed E-state index contributed by atoms with van der Waals surface area (Å²) in [7, 11) is 0. The quantitative estimate of drug-likeness (QED) is 0.502. The van der Waals surface area contributed by atoms with Gasteiger partial charge in [0.1, 0.15) is 0 Å². The number of nitrogens with zero attached hydrogens (tertiary/aromatic N) is 2. The largest absolute Gasteiger partial charge is 0.339 e. The number of thioether (sulfide) groups is 1. The van der Waals surface area contributed by atoms with Crippen LogP contribution in [0.3, 0.4) is 0 Å². The number of aromatic nitrogens is 4. The topological polar surface area (TPSA) is 104 Å². The molecule has 0 bridgehead atoms. The van der Waals surface area contributed by atoms with E-state index in [0.29, 0.717) is 16.3 Å². The molecule has 8 heteroatoms. The molecule has 2 heterocycles. The molecule has 3 aromatic rings. The molecule has 0 aliphatic carbocycles. The van der Waals surface area contributed by atoms with E-state index in [1.54, 1.807) is 0 Å². The summed E-state index contributed by atoms with van der Waals surface area (Å²) in [4.78, 5) is 37.1. The fourth-order valence-corrected chi connectivity index (χ4v) is 2.60. The zero-order valence-corrected chi connectivity index (χ0v) is 12.5. The van der Waals surface area contributed by atoms with Crippen molar-refractivity contribution < 1.29 is 4.79 Å². The molecule has 0 radical (unpaired) electrons. The number of amides is 1. The monoisotopic (exact) mass is 315 g/mol. The number of carbonyl (C=O) groups excluding carboxylic acids is 1. The van der Waals surface area contributed by atoms with Gasteiger partial charge in [-0.25, -0.2) is 9.97 Å². The van der Waals surface area contributed by atoms with E-state index in [2.05, 4.69) is 25.3 Å². The van der Waals surface area contributed by atoms with Crippen LogP contribution in [0.25, 0.3) is 11.2 Å². The molecule has 0 unspecified atom stereocenters. The van der Waals surface area contributed by atoms with Gasteiger partial charge >= 0.3 is 0 Å². The summed E-state index contributed by atoms with van der Waals surface area (Å²) < 4.78 is 0. The molecular weight excluding hydrogens is 302 g/mol. The molecule has 0 saturated carbocycles. The van der Waals surface area contributed by atoms with Crippen LogP contribution in [0.5, 0.6) is 0 Å². The van der Waals surface area contributed by atoms with Gasteiger partial charge in [-0.3, -0.25) is 14.6 Å². The van der Waals surface area contributed by atoms with Crippen LogP contribution < -0.4 is 10.9 Å². The Balaban J connectivity index is 1.66. The maximum Gasteiger partial charge on any atom is 0.277 e. The molecule has 3 rings (SSSR count). The van der Waals surface area contributed by atoms with Gasteiger partial charge in [-0.2, -0.15) is 0 Å². The second-order valence-corrected chi connectivity index (χ2v) is 5.64. The number of nitrogens with one attached hydrogen (secondary N) is 3. The molecule has 0 atom stereocenters. The number of carbonyl (C=O) groups is 1. The molecule has 0 fully saturated rings. The number of H-pyrrole nitrogens is 2. The fourth-order valence-electron chi connectivity index (χ4n) is 1.94. The lowest BCUT2D eigenvalue weighted by molar-refractivity contribution is -0.113. The molecule has 7 nitrogen and oxygen atoms in total. The van der Waals surface area contributed by atoms with Crippen LogP contribution >= 0.6 is 11.8 Å². The molecule has 0 aliphatic heterocycles. The summed E-state index contributed by atoms with van der Waals surface area (Å²) in [6.45, 7) is 1.96. The lowest BCUT2D eigenvalue weighted by Gasteiger charge is -2.05. The Morgan fingerprint density at radius 2 is 2.27 bits per heavy atom. The number of anilines is 1. The maximum absolute atomic E-state index is 11.9. The Bertz CT molecular complexity index is 886. The summed E-state index contributed by atoms with van der Waals surface area (Å²) in [6, 6.07) is 7.55. The molecule has 22 heavy (non-hydrogen) atoms. The third-order valence-corrected chi connectivity index (χ3v) is 3.79. The highest BCUT2D eigenvalue weighted by Gasteiger charge is 2.09. The SMILES string of the molecule is Cc1cccc(NC(=O)CSc2nc3nc[nH]c3c(=O)[nH]2)c1. The molecule has 1 amide bonds. The van der Waals surface area contributed by atoms with Crippen LogP contribution in [0.4, 0.5) is 5.69 Å². The minimum atomic E-state index is -0.302. The summed E-state index contributed by atoms with van der Waals surface area (Å²) in [6.07, 6.45) is 1.41. The lowest BCUT2D eigenvalue weighted by atomic mass is 10.2. The smallest absolute Gasteiger partial charge is 0.277 e. The van der Waals surface area contributed by atoms with Gasteiger partial charge in [0.2, 0.25) is 5.91 Å². The normalized spacial score (nSPS) is 10.8.